The second-order valence-electron chi connectivity index (χ2n) is 5.61. The smallest absolute Gasteiger partial charge is 0.332 e. The summed E-state index contributed by atoms with van der Waals surface area (Å²) in [5.41, 5.74) is -0.846. The van der Waals surface area contributed by atoms with Crippen LogP contribution in [0.3, 0.4) is 0 Å². The highest BCUT2D eigenvalue weighted by Crippen LogP contribution is 2.11. The Morgan fingerprint density at radius 2 is 1.92 bits per heavy atom. The van der Waals surface area contributed by atoms with Crippen LogP contribution in [0.25, 0.3) is 11.2 Å². The number of carboxylic acids is 2. The van der Waals surface area contributed by atoms with E-state index >= 15 is 0 Å². The number of carbonyl (C=O) groups is 2. The Morgan fingerprint density at radius 3 is 2.50 bits per heavy atom. The van der Waals surface area contributed by atoms with Crippen molar-refractivity contribution in [2.75, 3.05) is 0 Å². The number of aromatic nitrogens is 4. The third-order valence-electron chi connectivity index (χ3n) is 3.90. The summed E-state index contributed by atoms with van der Waals surface area (Å²) < 4.78 is 3.52. The van der Waals surface area contributed by atoms with Crippen molar-refractivity contribution in [1.29, 1.82) is 0 Å². The molecule has 0 bridgehead atoms. The largest absolute Gasteiger partial charge is 0.481 e. The maximum Gasteiger partial charge on any atom is 0.332 e. The zero-order valence-corrected chi connectivity index (χ0v) is 13.3. The molecule has 2 N–H and O–H groups in total. The lowest BCUT2D eigenvalue weighted by molar-refractivity contribution is -0.143. The van der Waals surface area contributed by atoms with Gasteiger partial charge in [-0.2, -0.15) is 0 Å². The van der Waals surface area contributed by atoms with Gasteiger partial charge in [0.15, 0.2) is 11.2 Å². The molecule has 1 atom stereocenters. The van der Waals surface area contributed by atoms with Gasteiger partial charge in [0.25, 0.3) is 5.56 Å². The monoisotopic (exact) mass is 338 g/mol. The van der Waals surface area contributed by atoms with Crippen molar-refractivity contribution in [2.24, 2.45) is 20.0 Å². The van der Waals surface area contributed by atoms with Crippen molar-refractivity contribution in [3.8, 4) is 0 Å². The average Bonchev–Trinajstić information content (AvgIpc) is 2.89. The van der Waals surface area contributed by atoms with Gasteiger partial charge in [-0.3, -0.25) is 23.5 Å². The minimum absolute atomic E-state index is 0.0562. The summed E-state index contributed by atoms with van der Waals surface area (Å²) >= 11 is 0. The fraction of sp³-hybridized carbons (Fsp3) is 0.500. The maximum absolute atomic E-state index is 12.5. The molecular weight excluding hydrogens is 320 g/mol. The van der Waals surface area contributed by atoms with Gasteiger partial charge in [-0.25, -0.2) is 9.78 Å². The van der Waals surface area contributed by atoms with E-state index in [0.717, 1.165) is 4.57 Å². The Bertz CT molecular complexity index is 906. The first-order valence-electron chi connectivity index (χ1n) is 7.29. The molecule has 0 saturated heterocycles. The average molecular weight is 338 g/mol. The summed E-state index contributed by atoms with van der Waals surface area (Å²) in [6.45, 7) is -0.318. The lowest BCUT2D eigenvalue weighted by atomic mass is 10.0. The van der Waals surface area contributed by atoms with Gasteiger partial charge in [0.2, 0.25) is 0 Å². The van der Waals surface area contributed by atoms with Crippen LogP contribution >= 0.6 is 0 Å². The van der Waals surface area contributed by atoms with Crippen molar-refractivity contribution in [1.82, 2.24) is 18.7 Å². The normalized spacial score (nSPS) is 12.4. The van der Waals surface area contributed by atoms with Crippen molar-refractivity contribution < 1.29 is 19.8 Å². The van der Waals surface area contributed by atoms with Gasteiger partial charge >= 0.3 is 17.6 Å². The van der Waals surface area contributed by atoms with Crippen LogP contribution in [0, 0.1) is 5.92 Å². The first-order valence-corrected chi connectivity index (χ1v) is 7.29. The van der Waals surface area contributed by atoms with E-state index in [2.05, 4.69) is 4.98 Å². The van der Waals surface area contributed by atoms with Gasteiger partial charge in [-0.1, -0.05) is 0 Å². The van der Waals surface area contributed by atoms with Gasteiger partial charge < -0.3 is 14.8 Å². The number of imidazole rings is 1. The summed E-state index contributed by atoms with van der Waals surface area (Å²) in [6.07, 6.45) is 1.44. The number of aryl methyl sites for hydroxylation is 2. The van der Waals surface area contributed by atoms with Gasteiger partial charge in [0, 0.05) is 27.1 Å². The number of fused-ring (bicyclic) bond motifs is 1. The molecule has 10 heteroatoms. The van der Waals surface area contributed by atoms with E-state index in [-0.39, 0.29) is 37.0 Å². The lowest BCUT2D eigenvalue weighted by Crippen LogP contribution is -2.42. The summed E-state index contributed by atoms with van der Waals surface area (Å²) in [5, 5.41) is 17.9. The zero-order valence-electron chi connectivity index (χ0n) is 13.3. The number of hydrogen-bond donors (Lipinski definition) is 2. The van der Waals surface area contributed by atoms with Crippen molar-refractivity contribution in [2.45, 2.75) is 25.8 Å². The Morgan fingerprint density at radius 1 is 1.25 bits per heavy atom. The van der Waals surface area contributed by atoms with Crippen molar-refractivity contribution in [3.05, 3.63) is 27.2 Å². The highest BCUT2D eigenvalue weighted by atomic mass is 16.4. The molecule has 0 saturated carbocycles. The molecule has 130 valence electrons. The molecule has 24 heavy (non-hydrogen) atoms. The minimum Gasteiger partial charge on any atom is -0.481 e. The van der Waals surface area contributed by atoms with Crippen LogP contribution in [0.1, 0.15) is 19.3 Å². The molecule has 2 heterocycles. The van der Waals surface area contributed by atoms with E-state index in [0.29, 0.717) is 0 Å². The Kier molecular flexibility index (Phi) is 4.86. The third-order valence-corrected chi connectivity index (χ3v) is 3.90. The second kappa shape index (κ2) is 6.69. The predicted molar refractivity (Wildman–Crippen MR) is 82.8 cm³/mol. The minimum atomic E-state index is -1.18. The molecule has 0 fully saturated rings. The summed E-state index contributed by atoms with van der Waals surface area (Å²) in [6, 6.07) is 0. The second-order valence-corrected chi connectivity index (χ2v) is 5.61. The first-order chi connectivity index (χ1) is 11.2. The van der Waals surface area contributed by atoms with Crippen molar-refractivity contribution >= 4 is 23.1 Å². The Hall–Kier alpha value is -2.91. The molecule has 0 aliphatic carbocycles. The fourth-order valence-electron chi connectivity index (χ4n) is 2.57. The van der Waals surface area contributed by atoms with E-state index in [9.17, 15) is 24.3 Å². The third kappa shape index (κ3) is 3.21. The number of aliphatic carboxylic acids is 2. The molecule has 2 aromatic heterocycles. The number of nitrogens with zero attached hydrogens (tertiary/aromatic N) is 4. The van der Waals surface area contributed by atoms with E-state index in [4.69, 9.17) is 5.11 Å². The molecule has 0 aliphatic rings. The number of rotatable bonds is 7. The van der Waals surface area contributed by atoms with E-state index in [1.807, 2.05) is 0 Å². The SMILES string of the molecule is Cn1cnc2c1c(=O)n(CC(CCCC(=O)O)C(=O)O)c(=O)n2C. The molecule has 2 aromatic rings. The molecule has 10 nitrogen and oxygen atoms in total. The van der Waals surface area contributed by atoms with E-state index in [1.54, 1.807) is 7.05 Å². The molecule has 2 rings (SSSR count). The molecule has 0 aromatic carbocycles. The predicted octanol–water partition coefficient (Wildman–Crippen LogP) is -0.611. The van der Waals surface area contributed by atoms with Crippen LogP contribution < -0.4 is 11.2 Å². The zero-order chi connectivity index (χ0) is 18.0. The van der Waals surface area contributed by atoms with Crippen LogP contribution in [0.5, 0.6) is 0 Å². The fourth-order valence-corrected chi connectivity index (χ4v) is 2.57. The highest BCUT2D eigenvalue weighted by Gasteiger charge is 2.22. The van der Waals surface area contributed by atoms with Crippen LogP contribution in [0.2, 0.25) is 0 Å². The van der Waals surface area contributed by atoms with Crippen LogP contribution in [0.15, 0.2) is 15.9 Å². The molecule has 1 unspecified atom stereocenters. The Balaban J connectivity index is 2.42. The van der Waals surface area contributed by atoms with E-state index < -0.39 is 29.1 Å². The standard InChI is InChI=1S/C14H18N4O6/c1-16-7-15-11-10(16)12(21)18(14(24)17(11)2)6-8(13(22)23)4-3-5-9(19)20/h7-8H,3-6H2,1-2H3,(H,19,20)(H,22,23). The van der Waals surface area contributed by atoms with Gasteiger partial charge in [-0.05, 0) is 12.8 Å². The van der Waals surface area contributed by atoms with Gasteiger partial charge in [0.05, 0.1) is 12.2 Å². The van der Waals surface area contributed by atoms with Gasteiger partial charge in [-0.15, -0.1) is 0 Å². The highest BCUT2D eigenvalue weighted by molar-refractivity contribution is 5.71. The quantitative estimate of drug-likeness (QED) is 0.687. The van der Waals surface area contributed by atoms with Crippen LogP contribution in [-0.2, 0) is 30.2 Å². The molecule has 0 aliphatic heterocycles. The van der Waals surface area contributed by atoms with E-state index in [1.165, 1.54) is 22.5 Å². The van der Waals surface area contributed by atoms with Crippen molar-refractivity contribution in [3.63, 3.8) is 0 Å². The summed E-state index contributed by atoms with van der Waals surface area (Å²) in [7, 11) is 3.06. The lowest BCUT2D eigenvalue weighted by Gasteiger charge is -2.14. The van der Waals surface area contributed by atoms with Crippen LogP contribution in [0.4, 0.5) is 0 Å². The maximum atomic E-state index is 12.5. The molecule has 0 spiro atoms. The molecular formula is C14H18N4O6. The summed E-state index contributed by atoms with van der Waals surface area (Å²) in [5.74, 6) is -3.23. The topological polar surface area (TPSA) is 136 Å². The van der Waals surface area contributed by atoms with Crippen LogP contribution in [-0.4, -0.2) is 40.8 Å². The molecule has 0 amide bonds. The summed E-state index contributed by atoms with van der Waals surface area (Å²) in [4.78, 5) is 50.8. The molecule has 0 radical (unpaired) electrons. The Labute approximate surface area is 135 Å². The number of carboxylic acid groups (broad SMARTS) is 2. The first kappa shape index (κ1) is 17.4. The number of hydrogen-bond acceptors (Lipinski definition) is 5. The van der Waals surface area contributed by atoms with Gasteiger partial charge in [0.1, 0.15) is 0 Å².